The number of benzene rings is 1. The van der Waals surface area contributed by atoms with Gasteiger partial charge in [-0.05, 0) is 36.0 Å². The molecule has 1 aliphatic rings. The second-order valence-electron chi connectivity index (χ2n) is 6.81. The fourth-order valence-corrected chi connectivity index (χ4v) is 3.26. The smallest absolute Gasteiger partial charge is 0.193 e. The number of hydrogen-bond acceptors (Lipinski definition) is 2. The van der Waals surface area contributed by atoms with Crippen molar-refractivity contribution >= 4 is 35.6 Å². The minimum absolute atomic E-state index is 0. The molecule has 2 unspecified atom stereocenters. The molecule has 0 radical (unpaired) electrons. The number of hydrogen-bond donors (Lipinski definition) is 1. The molecule has 1 saturated heterocycles. The van der Waals surface area contributed by atoms with Crippen LogP contribution in [0.15, 0.2) is 29.3 Å². The van der Waals surface area contributed by atoms with E-state index in [2.05, 4.69) is 72.3 Å². The van der Waals surface area contributed by atoms with Crippen molar-refractivity contribution in [2.75, 3.05) is 39.1 Å². The zero-order chi connectivity index (χ0) is 16.1. The molecule has 5 heteroatoms. The topological polar surface area (TPSA) is 30.9 Å². The Labute approximate surface area is 158 Å². The maximum atomic E-state index is 4.46. The van der Waals surface area contributed by atoms with E-state index in [-0.39, 0.29) is 24.0 Å². The summed E-state index contributed by atoms with van der Waals surface area (Å²) in [5.41, 5.74) is 2.51. The number of aliphatic imine (C=N–C) groups is 1. The van der Waals surface area contributed by atoms with E-state index < -0.39 is 0 Å². The van der Waals surface area contributed by atoms with Crippen molar-refractivity contribution in [1.82, 2.24) is 10.2 Å². The highest BCUT2D eigenvalue weighted by Gasteiger charge is 2.23. The van der Waals surface area contributed by atoms with Crippen LogP contribution >= 0.6 is 24.0 Å². The fourth-order valence-electron chi connectivity index (χ4n) is 3.26. The molecule has 130 valence electrons. The number of nitrogens with zero attached hydrogens (tertiary/aromatic N) is 3. The lowest BCUT2D eigenvalue weighted by molar-refractivity contribution is 0.208. The zero-order valence-corrected chi connectivity index (χ0v) is 17.4. The molecule has 1 N–H and O–H groups in total. The first kappa shape index (κ1) is 20.1. The number of likely N-dealkylation sites (tertiary alicyclic amines) is 1. The average Bonchev–Trinajstić information content (AvgIpc) is 2.47. The van der Waals surface area contributed by atoms with Gasteiger partial charge in [-0.25, -0.2) is 0 Å². The first-order valence-corrected chi connectivity index (χ1v) is 8.21. The number of piperidine rings is 1. The first-order valence-electron chi connectivity index (χ1n) is 8.21. The van der Waals surface area contributed by atoms with Crippen LogP contribution in [-0.4, -0.2) is 45.1 Å². The highest BCUT2D eigenvalue weighted by Crippen LogP contribution is 2.21. The van der Waals surface area contributed by atoms with Crippen LogP contribution < -0.4 is 10.2 Å². The number of anilines is 1. The molecule has 1 fully saturated rings. The standard InChI is InChI=1S/C18H30N4.HI/c1-14-10-15(2)13-22(12-14)18(19-3)20-11-16-6-8-17(9-7-16)21(4)5;/h6-9,14-15H,10-13H2,1-5H3,(H,19,20);1H. The Morgan fingerprint density at radius 3 is 2.22 bits per heavy atom. The molecule has 0 spiro atoms. The van der Waals surface area contributed by atoms with Crippen molar-refractivity contribution < 1.29 is 0 Å². The third-order valence-electron chi connectivity index (χ3n) is 4.28. The summed E-state index contributed by atoms with van der Waals surface area (Å²) in [6, 6.07) is 8.67. The summed E-state index contributed by atoms with van der Waals surface area (Å²) in [4.78, 5) is 8.98. The lowest BCUT2D eigenvalue weighted by Crippen LogP contribution is -2.48. The van der Waals surface area contributed by atoms with Crippen LogP contribution in [0.2, 0.25) is 0 Å². The molecular weight excluding hydrogens is 399 g/mol. The second kappa shape index (κ2) is 9.35. The lowest BCUT2D eigenvalue weighted by atomic mass is 9.92. The van der Waals surface area contributed by atoms with Crippen LogP contribution in [0.4, 0.5) is 5.69 Å². The molecule has 0 bridgehead atoms. The van der Waals surface area contributed by atoms with Gasteiger partial charge >= 0.3 is 0 Å². The Hall–Kier alpha value is -0.980. The van der Waals surface area contributed by atoms with E-state index >= 15 is 0 Å². The number of rotatable bonds is 3. The van der Waals surface area contributed by atoms with Gasteiger partial charge in [0.1, 0.15) is 0 Å². The number of guanidine groups is 1. The van der Waals surface area contributed by atoms with Crippen molar-refractivity contribution in [3.05, 3.63) is 29.8 Å². The van der Waals surface area contributed by atoms with Crippen molar-refractivity contribution in [2.24, 2.45) is 16.8 Å². The minimum Gasteiger partial charge on any atom is -0.378 e. The molecule has 0 aromatic heterocycles. The van der Waals surface area contributed by atoms with Crippen LogP contribution in [0.3, 0.4) is 0 Å². The lowest BCUT2D eigenvalue weighted by Gasteiger charge is -2.37. The molecule has 23 heavy (non-hydrogen) atoms. The van der Waals surface area contributed by atoms with Crippen molar-refractivity contribution in [2.45, 2.75) is 26.8 Å². The Morgan fingerprint density at radius 2 is 1.74 bits per heavy atom. The Bertz CT molecular complexity index is 488. The van der Waals surface area contributed by atoms with Gasteiger partial charge in [0.05, 0.1) is 0 Å². The number of halogens is 1. The summed E-state index contributed by atoms with van der Waals surface area (Å²) >= 11 is 0. The maximum Gasteiger partial charge on any atom is 0.193 e. The zero-order valence-electron chi connectivity index (χ0n) is 15.0. The van der Waals surface area contributed by atoms with Gasteiger partial charge in [-0.2, -0.15) is 0 Å². The molecule has 1 aliphatic heterocycles. The van der Waals surface area contributed by atoms with E-state index in [0.29, 0.717) is 0 Å². The quantitative estimate of drug-likeness (QED) is 0.453. The number of nitrogens with one attached hydrogen (secondary N) is 1. The SMILES string of the molecule is CN=C(NCc1ccc(N(C)C)cc1)N1CC(C)CC(C)C1.I. The normalized spacial score (nSPS) is 21.6. The molecule has 0 aliphatic carbocycles. The Balaban J connectivity index is 0.00000264. The molecule has 4 nitrogen and oxygen atoms in total. The molecule has 1 aromatic carbocycles. The summed E-state index contributed by atoms with van der Waals surface area (Å²) < 4.78 is 0. The summed E-state index contributed by atoms with van der Waals surface area (Å²) in [6.45, 7) is 7.68. The van der Waals surface area contributed by atoms with Crippen LogP contribution in [0, 0.1) is 11.8 Å². The van der Waals surface area contributed by atoms with Crippen LogP contribution in [0.5, 0.6) is 0 Å². The maximum absolute atomic E-state index is 4.46. The van der Waals surface area contributed by atoms with E-state index in [1.807, 2.05) is 7.05 Å². The van der Waals surface area contributed by atoms with Gasteiger partial charge in [-0.1, -0.05) is 26.0 Å². The summed E-state index contributed by atoms with van der Waals surface area (Å²) in [7, 11) is 6.00. The van der Waals surface area contributed by atoms with Gasteiger partial charge < -0.3 is 15.1 Å². The van der Waals surface area contributed by atoms with Crippen LogP contribution in [0.25, 0.3) is 0 Å². The van der Waals surface area contributed by atoms with Gasteiger partial charge in [-0.15, -0.1) is 24.0 Å². The highest BCUT2D eigenvalue weighted by atomic mass is 127. The van der Waals surface area contributed by atoms with Crippen molar-refractivity contribution in [3.8, 4) is 0 Å². The van der Waals surface area contributed by atoms with Gasteiger partial charge in [0.2, 0.25) is 0 Å². The monoisotopic (exact) mass is 430 g/mol. The molecule has 2 atom stereocenters. The predicted octanol–water partition coefficient (Wildman–Crippen LogP) is 3.42. The van der Waals surface area contributed by atoms with Crippen molar-refractivity contribution in [1.29, 1.82) is 0 Å². The van der Waals surface area contributed by atoms with Gasteiger partial charge in [0.15, 0.2) is 5.96 Å². The molecule has 0 saturated carbocycles. The Morgan fingerprint density at radius 1 is 1.17 bits per heavy atom. The minimum atomic E-state index is 0. The summed E-state index contributed by atoms with van der Waals surface area (Å²) in [6.07, 6.45) is 1.32. The highest BCUT2D eigenvalue weighted by molar-refractivity contribution is 14.0. The van der Waals surface area contributed by atoms with E-state index in [9.17, 15) is 0 Å². The summed E-state index contributed by atoms with van der Waals surface area (Å²) in [5, 5.41) is 3.51. The van der Waals surface area contributed by atoms with E-state index in [4.69, 9.17) is 0 Å². The molecule has 1 heterocycles. The van der Waals surface area contributed by atoms with E-state index in [1.54, 1.807) is 0 Å². The first-order chi connectivity index (χ1) is 10.5. The van der Waals surface area contributed by atoms with Gasteiger partial charge in [0, 0.05) is 46.5 Å². The van der Waals surface area contributed by atoms with Gasteiger partial charge in [-0.3, -0.25) is 4.99 Å². The third-order valence-corrected chi connectivity index (χ3v) is 4.28. The Kier molecular flexibility index (Phi) is 8.16. The average molecular weight is 430 g/mol. The van der Waals surface area contributed by atoms with E-state index in [1.165, 1.54) is 17.7 Å². The van der Waals surface area contributed by atoms with Crippen LogP contribution in [0.1, 0.15) is 25.8 Å². The fraction of sp³-hybridized carbons (Fsp3) is 0.611. The van der Waals surface area contributed by atoms with Crippen molar-refractivity contribution in [3.63, 3.8) is 0 Å². The second-order valence-corrected chi connectivity index (χ2v) is 6.81. The largest absolute Gasteiger partial charge is 0.378 e. The molecule has 2 rings (SSSR count). The van der Waals surface area contributed by atoms with E-state index in [0.717, 1.165) is 37.4 Å². The predicted molar refractivity (Wildman–Crippen MR) is 111 cm³/mol. The van der Waals surface area contributed by atoms with Crippen LogP contribution in [-0.2, 0) is 6.54 Å². The molecular formula is C18H31IN4. The molecule has 1 aromatic rings. The molecule has 0 amide bonds. The third kappa shape index (κ3) is 5.86. The summed E-state index contributed by atoms with van der Waals surface area (Å²) in [5.74, 6) is 2.50. The van der Waals surface area contributed by atoms with Gasteiger partial charge in [0.25, 0.3) is 0 Å².